The topological polar surface area (TPSA) is 79.0 Å². The van der Waals surface area contributed by atoms with Crippen molar-refractivity contribution in [2.75, 3.05) is 24.4 Å². The normalized spacial score (nSPS) is 10.3. The van der Waals surface area contributed by atoms with Crippen LogP contribution in [0.4, 0.5) is 11.4 Å². The van der Waals surface area contributed by atoms with Gasteiger partial charge in [-0.15, -0.1) is 0 Å². The number of benzene rings is 1. The quantitative estimate of drug-likeness (QED) is 0.752. The van der Waals surface area contributed by atoms with Crippen LogP contribution in [-0.4, -0.2) is 29.8 Å². The smallest absolute Gasteiger partial charge is 0.250 e. The minimum atomic E-state index is -0.171. The molecule has 6 heteroatoms. The summed E-state index contributed by atoms with van der Waals surface area (Å²) in [5.41, 5.74) is 3.82. The first-order chi connectivity index (χ1) is 9.69. The van der Waals surface area contributed by atoms with E-state index in [0.717, 1.165) is 22.6 Å². The number of methoxy groups -OCH3 is 1. The molecule has 106 valence electrons. The molecule has 0 spiro atoms. The van der Waals surface area contributed by atoms with E-state index in [1.807, 2.05) is 31.2 Å². The number of hydrogen-bond acceptors (Lipinski definition) is 4. The molecule has 2 aromatic rings. The van der Waals surface area contributed by atoms with Gasteiger partial charge in [-0.1, -0.05) is 6.07 Å². The number of anilines is 2. The Balaban J connectivity index is 1.95. The van der Waals surface area contributed by atoms with Crippen LogP contribution in [0.25, 0.3) is 0 Å². The summed E-state index contributed by atoms with van der Waals surface area (Å²) < 4.78 is 4.78. The standard InChI is InChI=1S/C14H18N4O2/c1-10-11(8-16-18-10)7-15-12-4-3-5-13(6-12)17-14(19)9-20-2/h3-6,8,15H,7,9H2,1-2H3,(H,16,18)(H,17,19). The van der Waals surface area contributed by atoms with Gasteiger partial charge in [0.25, 0.3) is 0 Å². The molecule has 0 bridgehead atoms. The van der Waals surface area contributed by atoms with E-state index in [4.69, 9.17) is 4.74 Å². The lowest BCUT2D eigenvalue weighted by atomic mass is 10.2. The second-order valence-corrected chi connectivity index (χ2v) is 4.44. The van der Waals surface area contributed by atoms with Crippen molar-refractivity contribution in [2.45, 2.75) is 13.5 Å². The van der Waals surface area contributed by atoms with E-state index in [9.17, 15) is 4.79 Å². The van der Waals surface area contributed by atoms with E-state index < -0.39 is 0 Å². The summed E-state index contributed by atoms with van der Waals surface area (Å²) in [6, 6.07) is 7.54. The summed E-state index contributed by atoms with van der Waals surface area (Å²) in [6.45, 7) is 2.70. The molecule has 1 aromatic heterocycles. The Labute approximate surface area is 117 Å². The number of nitrogens with one attached hydrogen (secondary N) is 3. The lowest BCUT2D eigenvalue weighted by molar-refractivity contribution is -0.119. The fraction of sp³-hybridized carbons (Fsp3) is 0.286. The molecule has 0 aliphatic heterocycles. The van der Waals surface area contributed by atoms with Gasteiger partial charge in [0.15, 0.2) is 0 Å². The second-order valence-electron chi connectivity index (χ2n) is 4.44. The molecular formula is C14H18N4O2. The molecule has 0 saturated carbocycles. The van der Waals surface area contributed by atoms with Crippen LogP contribution < -0.4 is 10.6 Å². The zero-order valence-electron chi connectivity index (χ0n) is 11.6. The number of aryl methyl sites for hydroxylation is 1. The van der Waals surface area contributed by atoms with E-state index in [1.165, 1.54) is 7.11 Å². The van der Waals surface area contributed by atoms with Crippen molar-refractivity contribution in [3.05, 3.63) is 41.7 Å². The molecule has 0 fully saturated rings. The summed E-state index contributed by atoms with van der Waals surface area (Å²) in [4.78, 5) is 11.4. The van der Waals surface area contributed by atoms with Gasteiger partial charge in [0.2, 0.25) is 5.91 Å². The minimum Gasteiger partial charge on any atom is -0.381 e. The Kier molecular flexibility index (Phi) is 4.73. The number of H-pyrrole nitrogens is 1. The summed E-state index contributed by atoms with van der Waals surface area (Å²) in [5.74, 6) is -0.171. The predicted molar refractivity (Wildman–Crippen MR) is 77.6 cm³/mol. The van der Waals surface area contributed by atoms with Gasteiger partial charge in [0.1, 0.15) is 6.61 Å². The Morgan fingerprint density at radius 1 is 1.40 bits per heavy atom. The van der Waals surface area contributed by atoms with Gasteiger partial charge < -0.3 is 15.4 Å². The zero-order chi connectivity index (χ0) is 14.4. The molecule has 1 amide bonds. The predicted octanol–water partition coefficient (Wildman–Crippen LogP) is 1.92. The average Bonchev–Trinajstić information content (AvgIpc) is 2.82. The third kappa shape index (κ3) is 3.83. The Morgan fingerprint density at radius 2 is 2.20 bits per heavy atom. The highest BCUT2D eigenvalue weighted by Crippen LogP contribution is 2.16. The molecule has 0 unspecified atom stereocenters. The number of carbonyl (C=O) groups excluding carboxylic acids is 1. The van der Waals surface area contributed by atoms with Gasteiger partial charge in [0, 0.05) is 36.3 Å². The van der Waals surface area contributed by atoms with E-state index >= 15 is 0 Å². The van der Waals surface area contributed by atoms with Crippen LogP contribution in [0.2, 0.25) is 0 Å². The highest BCUT2D eigenvalue weighted by molar-refractivity contribution is 5.92. The molecule has 20 heavy (non-hydrogen) atoms. The molecular weight excluding hydrogens is 256 g/mol. The number of rotatable bonds is 6. The zero-order valence-corrected chi connectivity index (χ0v) is 11.6. The highest BCUT2D eigenvalue weighted by atomic mass is 16.5. The SMILES string of the molecule is COCC(=O)Nc1cccc(NCc2cn[nH]c2C)c1. The molecule has 6 nitrogen and oxygen atoms in total. The minimum absolute atomic E-state index is 0.0475. The van der Waals surface area contributed by atoms with Crippen LogP contribution in [0.1, 0.15) is 11.3 Å². The van der Waals surface area contributed by atoms with Crippen LogP contribution in [0.3, 0.4) is 0 Å². The third-order valence-electron chi connectivity index (χ3n) is 2.84. The molecule has 0 atom stereocenters. The molecule has 1 heterocycles. The van der Waals surface area contributed by atoms with Gasteiger partial charge >= 0.3 is 0 Å². The van der Waals surface area contributed by atoms with Crippen molar-refractivity contribution in [3.63, 3.8) is 0 Å². The summed E-state index contributed by atoms with van der Waals surface area (Å²) >= 11 is 0. The van der Waals surface area contributed by atoms with Crippen molar-refractivity contribution >= 4 is 17.3 Å². The first-order valence-electron chi connectivity index (χ1n) is 6.30. The third-order valence-corrected chi connectivity index (χ3v) is 2.84. The largest absolute Gasteiger partial charge is 0.381 e. The van der Waals surface area contributed by atoms with E-state index in [1.54, 1.807) is 6.20 Å². The van der Waals surface area contributed by atoms with Gasteiger partial charge in [-0.05, 0) is 25.1 Å². The first kappa shape index (κ1) is 14.1. The molecule has 0 saturated heterocycles. The maximum Gasteiger partial charge on any atom is 0.250 e. The van der Waals surface area contributed by atoms with E-state index in [2.05, 4.69) is 20.8 Å². The summed E-state index contributed by atoms with van der Waals surface area (Å²) in [7, 11) is 1.49. The molecule has 3 N–H and O–H groups in total. The lowest BCUT2D eigenvalue weighted by Crippen LogP contribution is -2.17. The highest BCUT2D eigenvalue weighted by Gasteiger charge is 2.03. The number of amides is 1. The van der Waals surface area contributed by atoms with Crippen LogP contribution >= 0.6 is 0 Å². The monoisotopic (exact) mass is 274 g/mol. The van der Waals surface area contributed by atoms with Gasteiger partial charge in [-0.25, -0.2) is 0 Å². The van der Waals surface area contributed by atoms with E-state index in [-0.39, 0.29) is 12.5 Å². The fourth-order valence-electron chi connectivity index (χ4n) is 1.79. The van der Waals surface area contributed by atoms with Crippen molar-refractivity contribution in [1.82, 2.24) is 10.2 Å². The number of nitrogens with zero attached hydrogens (tertiary/aromatic N) is 1. The average molecular weight is 274 g/mol. The fourth-order valence-corrected chi connectivity index (χ4v) is 1.79. The number of aromatic amines is 1. The molecule has 2 rings (SSSR count). The second kappa shape index (κ2) is 6.72. The number of carbonyl (C=O) groups is 1. The number of aromatic nitrogens is 2. The van der Waals surface area contributed by atoms with Crippen molar-refractivity contribution in [1.29, 1.82) is 0 Å². The molecule has 0 radical (unpaired) electrons. The molecule has 1 aromatic carbocycles. The lowest BCUT2D eigenvalue weighted by Gasteiger charge is -2.09. The van der Waals surface area contributed by atoms with Crippen molar-refractivity contribution in [3.8, 4) is 0 Å². The molecule has 0 aliphatic carbocycles. The Bertz CT molecular complexity index is 580. The van der Waals surface area contributed by atoms with Crippen LogP contribution in [0.15, 0.2) is 30.5 Å². The first-order valence-corrected chi connectivity index (χ1v) is 6.30. The van der Waals surface area contributed by atoms with Crippen LogP contribution in [0.5, 0.6) is 0 Å². The van der Waals surface area contributed by atoms with Crippen LogP contribution in [-0.2, 0) is 16.1 Å². The number of hydrogen-bond donors (Lipinski definition) is 3. The molecule has 0 aliphatic rings. The van der Waals surface area contributed by atoms with Crippen LogP contribution in [0, 0.1) is 6.92 Å². The number of ether oxygens (including phenoxy) is 1. The Morgan fingerprint density at radius 3 is 2.90 bits per heavy atom. The Hall–Kier alpha value is -2.34. The van der Waals surface area contributed by atoms with Gasteiger partial charge in [-0.2, -0.15) is 5.10 Å². The van der Waals surface area contributed by atoms with E-state index in [0.29, 0.717) is 6.54 Å². The van der Waals surface area contributed by atoms with Gasteiger partial charge in [0.05, 0.1) is 6.20 Å². The maximum atomic E-state index is 11.4. The van der Waals surface area contributed by atoms with Gasteiger partial charge in [-0.3, -0.25) is 9.89 Å². The summed E-state index contributed by atoms with van der Waals surface area (Å²) in [5, 5.41) is 12.9. The maximum absolute atomic E-state index is 11.4. The van der Waals surface area contributed by atoms with Crippen molar-refractivity contribution < 1.29 is 9.53 Å². The van der Waals surface area contributed by atoms with Crippen molar-refractivity contribution in [2.24, 2.45) is 0 Å². The summed E-state index contributed by atoms with van der Waals surface area (Å²) in [6.07, 6.45) is 1.80.